The lowest BCUT2D eigenvalue weighted by Crippen LogP contribution is -2.40. The van der Waals surface area contributed by atoms with E-state index in [1.54, 1.807) is 0 Å². The van der Waals surface area contributed by atoms with Gasteiger partial charge in [0.25, 0.3) is 0 Å². The maximum Gasteiger partial charge on any atom is 0.0636 e. The Morgan fingerprint density at radius 3 is 2.82 bits per heavy atom. The first-order valence-corrected chi connectivity index (χ1v) is 6.50. The second-order valence-electron chi connectivity index (χ2n) is 5.88. The van der Waals surface area contributed by atoms with E-state index in [1.807, 2.05) is 6.92 Å². The molecule has 0 radical (unpaired) electrons. The zero-order valence-electron chi connectivity index (χ0n) is 11.0. The molecule has 0 bridgehead atoms. The molecule has 17 heavy (non-hydrogen) atoms. The predicted molar refractivity (Wildman–Crippen MR) is 71.0 cm³/mol. The first kappa shape index (κ1) is 12.6. The second-order valence-corrected chi connectivity index (χ2v) is 5.88. The van der Waals surface area contributed by atoms with Crippen LogP contribution in [-0.4, -0.2) is 17.8 Å². The highest BCUT2D eigenvalue weighted by atomic mass is 16.3. The third-order valence-electron chi connectivity index (χ3n) is 3.80. The summed E-state index contributed by atoms with van der Waals surface area (Å²) in [6, 6.07) is 9.01. The molecule has 0 saturated heterocycles. The molecule has 1 aliphatic carbocycles. The summed E-state index contributed by atoms with van der Waals surface area (Å²) in [5.41, 5.74) is 3.11. The molecule has 1 aromatic rings. The van der Waals surface area contributed by atoms with Gasteiger partial charge in [-0.3, -0.25) is 0 Å². The van der Waals surface area contributed by atoms with Crippen LogP contribution in [0.15, 0.2) is 24.3 Å². The Morgan fingerprint density at radius 1 is 1.41 bits per heavy atom. The summed E-state index contributed by atoms with van der Waals surface area (Å²) in [6.07, 6.45) is 2.07. The highest BCUT2D eigenvalue weighted by molar-refractivity contribution is 5.34. The summed E-state index contributed by atoms with van der Waals surface area (Å²) in [5, 5.41) is 13.0. The lowest BCUT2D eigenvalue weighted by atomic mass is 9.70. The van der Waals surface area contributed by atoms with Crippen molar-refractivity contribution in [3.05, 3.63) is 35.4 Å². The van der Waals surface area contributed by atoms with Gasteiger partial charge in [0, 0.05) is 12.6 Å². The van der Waals surface area contributed by atoms with Gasteiger partial charge in [-0.1, -0.05) is 38.1 Å². The van der Waals surface area contributed by atoms with E-state index in [0.29, 0.717) is 12.6 Å². The summed E-state index contributed by atoms with van der Waals surface area (Å²) in [6.45, 7) is 7.10. The molecule has 2 N–H and O–H groups in total. The average molecular weight is 233 g/mol. The van der Waals surface area contributed by atoms with E-state index in [9.17, 15) is 5.11 Å². The molecule has 1 unspecified atom stereocenters. The zero-order chi connectivity index (χ0) is 12.5. The number of hydrogen-bond acceptors (Lipinski definition) is 2. The van der Waals surface area contributed by atoms with Crippen molar-refractivity contribution in [1.29, 1.82) is 0 Å². The average Bonchev–Trinajstić information content (AvgIpc) is 2.27. The molecule has 0 saturated carbocycles. The molecule has 1 aliphatic rings. The molecule has 2 heteroatoms. The summed E-state index contributed by atoms with van der Waals surface area (Å²) >= 11 is 0. The van der Waals surface area contributed by atoms with Crippen LogP contribution in [0.3, 0.4) is 0 Å². The van der Waals surface area contributed by atoms with Gasteiger partial charge < -0.3 is 10.4 Å². The molecule has 0 aromatic heterocycles. The van der Waals surface area contributed by atoms with Gasteiger partial charge in [0.1, 0.15) is 0 Å². The van der Waals surface area contributed by atoms with Gasteiger partial charge in [-0.25, -0.2) is 0 Å². The van der Waals surface area contributed by atoms with Gasteiger partial charge in [0.05, 0.1) is 6.10 Å². The lowest BCUT2D eigenvalue weighted by Gasteiger charge is -2.41. The van der Waals surface area contributed by atoms with Crippen molar-refractivity contribution in [2.75, 3.05) is 6.54 Å². The Hall–Kier alpha value is -0.860. The van der Waals surface area contributed by atoms with Crippen molar-refractivity contribution in [2.45, 2.75) is 45.8 Å². The molecule has 0 spiro atoms. The molecular weight excluding hydrogens is 210 g/mol. The van der Waals surface area contributed by atoms with Crippen molar-refractivity contribution >= 4 is 0 Å². The predicted octanol–water partition coefficient (Wildman–Crippen LogP) is 2.67. The van der Waals surface area contributed by atoms with Crippen LogP contribution in [0.5, 0.6) is 0 Å². The Kier molecular flexibility index (Phi) is 3.55. The van der Waals surface area contributed by atoms with Gasteiger partial charge in [0.2, 0.25) is 0 Å². The fourth-order valence-electron chi connectivity index (χ4n) is 2.74. The molecule has 0 aliphatic heterocycles. The standard InChI is InChI=1S/C15H23NO/c1-11(17)10-16-14-13-7-5-4-6-12(13)8-9-15(14,2)3/h4-7,11,14,16-17H,8-10H2,1-3H3/t11-,14?/m1/s1. The zero-order valence-corrected chi connectivity index (χ0v) is 11.0. The minimum atomic E-state index is -0.292. The SMILES string of the molecule is C[C@@H](O)CNC1c2ccccc2CCC1(C)C. The van der Waals surface area contributed by atoms with E-state index in [4.69, 9.17) is 0 Å². The summed E-state index contributed by atoms with van der Waals surface area (Å²) in [7, 11) is 0. The summed E-state index contributed by atoms with van der Waals surface area (Å²) in [5.74, 6) is 0. The summed E-state index contributed by atoms with van der Waals surface area (Å²) < 4.78 is 0. The van der Waals surface area contributed by atoms with Crippen LogP contribution in [0.2, 0.25) is 0 Å². The Balaban J connectivity index is 2.25. The van der Waals surface area contributed by atoms with Crippen molar-refractivity contribution in [3.63, 3.8) is 0 Å². The Morgan fingerprint density at radius 2 is 2.12 bits per heavy atom. The van der Waals surface area contributed by atoms with Gasteiger partial charge in [0.15, 0.2) is 0 Å². The minimum Gasteiger partial charge on any atom is -0.392 e. The van der Waals surface area contributed by atoms with Crippen LogP contribution in [0, 0.1) is 5.41 Å². The van der Waals surface area contributed by atoms with E-state index >= 15 is 0 Å². The first-order chi connectivity index (χ1) is 8.00. The Labute approximate surface area is 104 Å². The molecule has 1 aromatic carbocycles. The smallest absolute Gasteiger partial charge is 0.0636 e. The number of aliphatic hydroxyl groups excluding tert-OH is 1. The molecule has 2 rings (SSSR count). The van der Waals surface area contributed by atoms with Crippen LogP contribution in [0.25, 0.3) is 0 Å². The van der Waals surface area contributed by atoms with Crippen molar-refractivity contribution in [1.82, 2.24) is 5.32 Å². The third kappa shape index (κ3) is 2.70. The largest absolute Gasteiger partial charge is 0.392 e. The number of fused-ring (bicyclic) bond motifs is 1. The lowest BCUT2D eigenvalue weighted by molar-refractivity contribution is 0.153. The Bertz CT molecular complexity index is 384. The van der Waals surface area contributed by atoms with Gasteiger partial charge in [-0.2, -0.15) is 0 Å². The maximum atomic E-state index is 9.44. The monoisotopic (exact) mass is 233 g/mol. The third-order valence-corrected chi connectivity index (χ3v) is 3.80. The topological polar surface area (TPSA) is 32.3 Å². The van der Waals surface area contributed by atoms with Crippen LogP contribution in [-0.2, 0) is 6.42 Å². The number of nitrogens with one attached hydrogen (secondary N) is 1. The van der Waals surface area contributed by atoms with E-state index in [0.717, 1.165) is 6.42 Å². The first-order valence-electron chi connectivity index (χ1n) is 6.50. The van der Waals surface area contributed by atoms with Crippen molar-refractivity contribution in [2.24, 2.45) is 5.41 Å². The van der Waals surface area contributed by atoms with Crippen LogP contribution < -0.4 is 5.32 Å². The van der Waals surface area contributed by atoms with Crippen molar-refractivity contribution in [3.8, 4) is 0 Å². The fraction of sp³-hybridized carbons (Fsp3) is 0.600. The second kappa shape index (κ2) is 4.79. The molecule has 0 fully saturated rings. The summed E-state index contributed by atoms with van der Waals surface area (Å²) in [4.78, 5) is 0. The van der Waals surface area contributed by atoms with Crippen molar-refractivity contribution < 1.29 is 5.11 Å². The van der Waals surface area contributed by atoms with Gasteiger partial charge in [-0.15, -0.1) is 0 Å². The molecular formula is C15H23NO. The van der Waals surface area contributed by atoms with E-state index in [2.05, 4.69) is 43.4 Å². The quantitative estimate of drug-likeness (QED) is 0.841. The number of benzene rings is 1. The molecule has 0 amide bonds. The number of aryl methyl sites for hydroxylation is 1. The minimum absolute atomic E-state index is 0.253. The van der Waals surface area contributed by atoms with Gasteiger partial charge >= 0.3 is 0 Å². The van der Waals surface area contributed by atoms with E-state index < -0.39 is 0 Å². The molecule has 0 heterocycles. The normalized spacial score (nSPS) is 24.1. The van der Waals surface area contributed by atoms with E-state index in [-0.39, 0.29) is 11.5 Å². The van der Waals surface area contributed by atoms with Crippen LogP contribution >= 0.6 is 0 Å². The number of rotatable bonds is 3. The van der Waals surface area contributed by atoms with Crippen LogP contribution in [0.4, 0.5) is 0 Å². The molecule has 2 atom stereocenters. The fourth-order valence-corrected chi connectivity index (χ4v) is 2.74. The number of hydrogen-bond donors (Lipinski definition) is 2. The van der Waals surface area contributed by atoms with Crippen LogP contribution in [0.1, 0.15) is 44.4 Å². The maximum absolute atomic E-state index is 9.44. The highest BCUT2D eigenvalue weighted by Gasteiger charge is 2.35. The van der Waals surface area contributed by atoms with E-state index in [1.165, 1.54) is 17.5 Å². The van der Waals surface area contributed by atoms with Gasteiger partial charge in [-0.05, 0) is 36.3 Å². The number of aliphatic hydroxyl groups is 1. The highest BCUT2D eigenvalue weighted by Crippen LogP contribution is 2.43. The molecule has 94 valence electrons. The molecule has 2 nitrogen and oxygen atoms in total.